The summed E-state index contributed by atoms with van der Waals surface area (Å²) in [5.41, 5.74) is 8.23. The van der Waals surface area contributed by atoms with Gasteiger partial charge in [0.1, 0.15) is 5.01 Å². The van der Waals surface area contributed by atoms with Gasteiger partial charge in [0.2, 0.25) is 0 Å². The zero-order chi connectivity index (χ0) is 13.0. The zero-order valence-corrected chi connectivity index (χ0v) is 12.4. The molecule has 96 valence electrons. The second-order valence-electron chi connectivity index (χ2n) is 4.09. The maximum Gasteiger partial charge on any atom is 0.103 e. The fraction of sp³-hybridized carbons (Fsp3) is 0.357. The van der Waals surface area contributed by atoms with E-state index in [0.29, 0.717) is 6.54 Å². The number of rotatable bonds is 5. The minimum atomic E-state index is 0.607. The molecule has 0 saturated heterocycles. The van der Waals surface area contributed by atoms with Crippen LogP contribution in [0, 0.1) is 6.92 Å². The Balaban J connectivity index is 2.06. The molecule has 0 aliphatic carbocycles. The standard InChI is InChI=1S/C14H18N2S2/c1-3-11-13(8-15)18-14(16-11)9-17-12-7-5-4-6-10(12)2/h4-7H,3,8-9,15H2,1-2H3. The average molecular weight is 278 g/mol. The Morgan fingerprint density at radius 2 is 2.11 bits per heavy atom. The van der Waals surface area contributed by atoms with Gasteiger partial charge in [-0.2, -0.15) is 0 Å². The third kappa shape index (κ3) is 3.13. The van der Waals surface area contributed by atoms with Crippen LogP contribution in [0.1, 0.15) is 28.1 Å². The van der Waals surface area contributed by atoms with E-state index in [1.165, 1.54) is 26.0 Å². The third-order valence-electron chi connectivity index (χ3n) is 2.79. The highest BCUT2D eigenvalue weighted by Crippen LogP contribution is 2.28. The Morgan fingerprint density at radius 1 is 1.33 bits per heavy atom. The van der Waals surface area contributed by atoms with Crippen LogP contribution in [-0.2, 0) is 18.7 Å². The van der Waals surface area contributed by atoms with E-state index in [1.54, 1.807) is 11.3 Å². The van der Waals surface area contributed by atoms with Gasteiger partial charge >= 0.3 is 0 Å². The van der Waals surface area contributed by atoms with Gasteiger partial charge in [0, 0.05) is 16.3 Å². The lowest BCUT2D eigenvalue weighted by atomic mass is 10.2. The summed E-state index contributed by atoms with van der Waals surface area (Å²) < 4.78 is 0. The fourth-order valence-electron chi connectivity index (χ4n) is 1.79. The Morgan fingerprint density at radius 3 is 2.72 bits per heavy atom. The Labute approximate surface area is 117 Å². The van der Waals surface area contributed by atoms with Crippen molar-refractivity contribution in [3.05, 3.63) is 45.4 Å². The molecule has 0 radical (unpaired) electrons. The van der Waals surface area contributed by atoms with E-state index in [9.17, 15) is 0 Å². The molecule has 0 bridgehead atoms. The van der Waals surface area contributed by atoms with Gasteiger partial charge in [-0.1, -0.05) is 25.1 Å². The normalized spacial score (nSPS) is 10.8. The molecule has 0 amide bonds. The summed E-state index contributed by atoms with van der Waals surface area (Å²) in [5, 5.41) is 1.18. The summed E-state index contributed by atoms with van der Waals surface area (Å²) in [6.45, 7) is 4.88. The summed E-state index contributed by atoms with van der Waals surface area (Å²) in [7, 11) is 0. The zero-order valence-electron chi connectivity index (χ0n) is 10.8. The highest BCUT2D eigenvalue weighted by atomic mass is 32.2. The maximum absolute atomic E-state index is 5.73. The number of nitrogens with two attached hydrogens (primary N) is 1. The molecule has 0 atom stereocenters. The van der Waals surface area contributed by atoms with Gasteiger partial charge in [-0.15, -0.1) is 23.1 Å². The van der Waals surface area contributed by atoms with Gasteiger partial charge in [-0.3, -0.25) is 0 Å². The first-order valence-electron chi connectivity index (χ1n) is 6.10. The monoisotopic (exact) mass is 278 g/mol. The molecule has 0 saturated carbocycles. The molecule has 18 heavy (non-hydrogen) atoms. The number of thiazole rings is 1. The molecule has 4 heteroatoms. The van der Waals surface area contributed by atoms with E-state index < -0.39 is 0 Å². The molecule has 0 spiro atoms. The number of thioether (sulfide) groups is 1. The van der Waals surface area contributed by atoms with Crippen molar-refractivity contribution in [3.8, 4) is 0 Å². The minimum Gasteiger partial charge on any atom is -0.326 e. The summed E-state index contributed by atoms with van der Waals surface area (Å²) in [6, 6.07) is 8.47. The van der Waals surface area contributed by atoms with Gasteiger partial charge in [-0.05, 0) is 25.0 Å². The molecule has 2 nitrogen and oxygen atoms in total. The van der Waals surface area contributed by atoms with Gasteiger partial charge in [0.25, 0.3) is 0 Å². The molecular weight excluding hydrogens is 260 g/mol. The SMILES string of the molecule is CCc1nc(CSc2ccccc2C)sc1CN. The number of nitrogens with zero attached hydrogens (tertiary/aromatic N) is 1. The number of aryl methyl sites for hydroxylation is 2. The van der Waals surface area contributed by atoms with Crippen molar-refractivity contribution >= 4 is 23.1 Å². The van der Waals surface area contributed by atoms with Crippen LogP contribution < -0.4 is 5.73 Å². The van der Waals surface area contributed by atoms with E-state index in [-0.39, 0.29) is 0 Å². The summed E-state index contributed by atoms with van der Waals surface area (Å²) >= 11 is 3.60. The largest absolute Gasteiger partial charge is 0.326 e. The van der Waals surface area contributed by atoms with Gasteiger partial charge < -0.3 is 5.73 Å². The highest BCUT2D eigenvalue weighted by Gasteiger charge is 2.09. The van der Waals surface area contributed by atoms with Gasteiger partial charge in [-0.25, -0.2) is 4.98 Å². The summed E-state index contributed by atoms with van der Waals surface area (Å²) in [5.74, 6) is 0.933. The van der Waals surface area contributed by atoms with E-state index in [1.807, 2.05) is 11.8 Å². The van der Waals surface area contributed by atoms with Crippen LogP contribution in [0.2, 0.25) is 0 Å². The Hall–Kier alpha value is -0.840. The average Bonchev–Trinajstić information content (AvgIpc) is 2.80. The van der Waals surface area contributed by atoms with Gasteiger partial charge in [0.15, 0.2) is 0 Å². The number of hydrogen-bond donors (Lipinski definition) is 1. The number of benzene rings is 1. The van der Waals surface area contributed by atoms with E-state index in [4.69, 9.17) is 5.73 Å². The van der Waals surface area contributed by atoms with Crippen LogP contribution >= 0.6 is 23.1 Å². The van der Waals surface area contributed by atoms with Crippen LogP contribution in [0.4, 0.5) is 0 Å². The molecular formula is C14H18N2S2. The Bertz CT molecular complexity index is 499. The number of hydrogen-bond acceptors (Lipinski definition) is 4. The molecule has 1 aromatic heterocycles. The molecule has 2 N–H and O–H groups in total. The number of aromatic nitrogens is 1. The molecule has 0 aliphatic rings. The van der Waals surface area contributed by atoms with Crippen molar-refractivity contribution < 1.29 is 0 Å². The van der Waals surface area contributed by atoms with Crippen LogP contribution in [0.3, 0.4) is 0 Å². The van der Waals surface area contributed by atoms with Crippen molar-refractivity contribution in [2.75, 3.05) is 0 Å². The van der Waals surface area contributed by atoms with E-state index in [0.717, 1.165) is 12.2 Å². The maximum atomic E-state index is 5.73. The fourth-order valence-corrected chi connectivity index (χ4v) is 3.85. The molecule has 2 rings (SSSR count). The lowest BCUT2D eigenvalue weighted by molar-refractivity contribution is 0.978. The first kappa shape index (κ1) is 13.6. The van der Waals surface area contributed by atoms with Crippen molar-refractivity contribution in [2.45, 2.75) is 37.5 Å². The highest BCUT2D eigenvalue weighted by molar-refractivity contribution is 7.98. The molecule has 1 aromatic carbocycles. The first-order chi connectivity index (χ1) is 8.74. The van der Waals surface area contributed by atoms with Crippen molar-refractivity contribution in [1.29, 1.82) is 0 Å². The molecule has 0 aliphatic heterocycles. The van der Waals surface area contributed by atoms with E-state index >= 15 is 0 Å². The lowest BCUT2D eigenvalue weighted by Gasteiger charge is -2.02. The third-order valence-corrected chi connectivity index (χ3v) is 5.28. The lowest BCUT2D eigenvalue weighted by Crippen LogP contribution is -1.96. The first-order valence-corrected chi connectivity index (χ1v) is 7.90. The smallest absolute Gasteiger partial charge is 0.103 e. The molecule has 0 unspecified atom stereocenters. The van der Waals surface area contributed by atoms with Crippen molar-refractivity contribution in [2.24, 2.45) is 5.73 Å². The molecule has 0 fully saturated rings. The van der Waals surface area contributed by atoms with Crippen molar-refractivity contribution in [1.82, 2.24) is 4.98 Å². The topological polar surface area (TPSA) is 38.9 Å². The Kier molecular flexibility index (Phi) is 4.80. The second kappa shape index (κ2) is 6.36. The second-order valence-corrected chi connectivity index (χ2v) is 6.27. The quantitative estimate of drug-likeness (QED) is 0.846. The predicted molar refractivity (Wildman–Crippen MR) is 80.1 cm³/mol. The molecule has 2 aromatic rings. The molecule has 1 heterocycles. The van der Waals surface area contributed by atoms with Crippen LogP contribution in [0.15, 0.2) is 29.2 Å². The van der Waals surface area contributed by atoms with Gasteiger partial charge in [0.05, 0.1) is 11.4 Å². The summed E-state index contributed by atoms with van der Waals surface area (Å²) in [6.07, 6.45) is 0.970. The summed E-state index contributed by atoms with van der Waals surface area (Å²) in [4.78, 5) is 7.23. The van der Waals surface area contributed by atoms with Crippen molar-refractivity contribution in [3.63, 3.8) is 0 Å². The van der Waals surface area contributed by atoms with Crippen LogP contribution in [0.25, 0.3) is 0 Å². The predicted octanol–water partition coefficient (Wildman–Crippen LogP) is 3.76. The van der Waals surface area contributed by atoms with Crippen LogP contribution in [0.5, 0.6) is 0 Å². The van der Waals surface area contributed by atoms with Crippen LogP contribution in [-0.4, -0.2) is 4.98 Å². The van der Waals surface area contributed by atoms with E-state index in [2.05, 4.69) is 43.1 Å². The minimum absolute atomic E-state index is 0.607.